The van der Waals surface area contributed by atoms with Crippen molar-refractivity contribution in [3.63, 3.8) is 0 Å². The largest absolute Gasteiger partial charge is 0.456 e. The van der Waals surface area contributed by atoms with Gasteiger partial charge in [-0.2, -0.15) is 0 Å². The average molecular weight is 225 g/mol. The molecule has 0 bridgehead atoms. The van der Waals surface area contributed by atoms with Crippen molar-refractivity contribution in [2.24, 2.45) is 0 Å². The zero-order chi connectivity index (χ0) is 11.8. The molecule has 3 rings (SSSR count). The Kier molecular flexibility index (Phi) is 2.37. The van der Waals surface area contributed by atoms with Crippen molar-refractivity contribution in [1.29, 1.82) is 0 Å². The van der Waals surface area contributed by atoms with Gasteiger partial charge in [-0.05, 0) is 31.8 Å². The normalized spacial score (nSPS) is 11.7. The number of nitrogens with zero attached hydrogens (tertiary/aromatic N) is 1. The van der Waals surface area contributed by atoms with E-state index < -0.39 is 0 Å². The average Bonchev–Trinajstić information content (AvgIpc) is 2.67. The van der Waals surface area contributed by atoms with Crippen molar-refractivity contribution in [2.75, 3.05) is 14.1 Å². The van der Waals surface area contributed by atoms with Crippen molar-refractivity contribution in [2.45, 2.75) is 6.54 Å². The lowest BCUT2D eigenvalue weighted by Gasteiger charge is -2.10. The van der Waals surface area contributed by atoms with Crippen LogP contribution >= 0.6 is 0 Å². The maximum absolute atomic E-state index is 5.86. The molecule has 0 aliphatic heterocycles. The number of hydrogen-bond acceptors (Lipinski definition) is 2. The lowest BCUT2D eigenvalue weighted by molar-refractivity contribution is 0.404. The minimum Gasteiger partial charge on any atom is -0.456 e. The fourth-order valence-corrected chi connectivity index (χ4v) is 2.32. The van der Waals surface area contributed by atoms with Gasteiger partial charge in [-0.15, -0.1) is 0 Å². The number of para-hydroxylation sites is 1. The summed E-state index contributed by atoms with van der Waals surface area (Å²) in [5.41, 5.74) is 3.26. The van der Waals surface area contributed by atoms with Gasteiger partial charge in [-0.25, -0.2) is 0 Å². The Morgan fingerprint density at radius 3 is 2.53 bits per heavy atom. The van der Waals surface area contributed by atoms with E-state index >= 15 is 0 Å². The molecule has 0 saturated heterocycles. The van der Waals surface area contributed by atoms with Gasteiger partial charge in [-0.3, -0.25) is 0 Å². The van der Waals surface area contributed by atoms with Crippen LogP contribution in [0.1, 0.15) is 5.56 Å². The van der Waals surface area contributed by atoms with Crippen LogP contribution in [0.25, 0.3) is 21.9 Å². The molecule has 0 aliphatic carbocycles. The molecular formula is C15H15NO. The van der Waals surface area contributed by atoms with E-state index in [1.54, 1.807) is 0 Å². The molecule has 0 aliphatic rings. The Bertz CT molecular complexity index is 667. The number of benzene rings is 2. The van der Waals surface area contributed by atoms with Crippen LogP contribution in [0.3, 0.4) is 0 Å². The molecule has 2 heteroatoms. The molecule has 0 spiro atoms. The molecule has 0 radical (unpaired) electrons. The maximum Gasteiger partial charge on any atom is 0.135 e. The lowest BCUT2D eigenvalue weighted by Crippen LogP contribution is -2.10. The third-order valence-electron chi connectivity index (χ3n) is 2.98. The van der Waals surface area contributed by atoms with E-state index in [0.717, 1.165) is 17.7 Å². The Labute approximate surface area is 100 Å². The molecule has 1 heterocycles. The first-order chi connectivity index (χ1) is 8.25. The third kappa shape index (κ3) is 1.71. The summed E-state index contributed by atoms with van der Waals surface area (Å²) in [7, 11) is 4.17. The van der Waals surface area contributed by atoms with Crippen LogP contribution in [0.4, 0.5) is 0 Å². The Morgan fingerprint density at radius 1 is 0.941 bits per heavy atom. The van der Waals surface area contributed by atoms with Crippen LogP contribution in [-0.2, 0) is 6.54 Å². The van der Waals surface area contributed by atoms with E-state index in [0.29, 0.717) is 0 Å². The highest BCUT2D eigenvalue weighted by molar-refractivity contribution is 6.06. The van der Waals surface area contributed by atoms with Crippen LogP contribution in [-0.4, -0.2) is 19.0 Å². The minimum atomic E-state index is 0.931. The van der Waals surface area contributed by atoms with Gasteiger partial charge in [0.1, 0.15) is 11.2 Å². The fraction of sp³-hybridized carbons (Fsp3) is 0.200. The van der Waals surface area contributed by atoms with E-state index in [1.165, 1.54) is 16.3 Å². The molecule has 0 atom stereocenters. The van der Waals surface area contributed by atoms with Crippen LogP contribution in [0.5, 0.6) is 0 Å². The highest BCUT2D eigenvalue weighted by atomic mass is 16.3. The number of fused-ring (bicyclic) bond motifs is 3. The molecule has 0 fully saturated rings. The molecule has 0 amide bonds. The third-order valence-corrected chi connectivity index (χ3v) is 2.98. The van der Waals surface area contributed by atoms with Gasteiger partial charge >= 0.3 is 0 Å². The van der Waals surface area contributed by atoms with E-state index in [1.807, 2.05) is 18.2 Å². The summed E-state index contributed by atoms with van der Waals surface area (Å²) < 4.78 is 5.86. The second-order valence-corrected chi connectivity index (χ2v) is 4.63. The second kappa shape index (κ2) is 3.90. The molecule has 17 heavy (non-hydrogen) atoms. The molecule has 3 aromatic rings. The van der Waals surface area contributed by atoms with Crippen molar-refractivity contribution in [1.82, 2.24) is 4.90 Å². The van der Waals surface area contributed by atoms with Crippen LogP contribution in [0.2, 0.25) is 0 Å². The SMILES string of the molecule is CN(C)Cc1cccc2oc3ccccc3c12. The first-order valence-corrected chi connectivity index (χ1v) is 5.79. The first-order valence-electron chi connectivity index (χ1n) is 5.79. The van der Waals surface area contributed by atoms with Gasteiger partial charge in [0, 0.05) is 17.3 Å². The summed E-state index contributed by atoms with van der Waals surface area (Å²) in [5, 5.41) is 2.46. The van der Waals surface area contributed by atoms with E-state index in [-0.39, 0.29) is 0 Å². The molecule has 2 nitrogen and oxygen atoms in total. The van der Waals surface area contributed by atoms with Crippen molar-refractivity contribution >= 4 is 21.9 Å². The quantitative estimate of drug-likeness (QED) is 0.662. The highest BCUT2D eigenvalue weighted by Crippen LogP contribution is 2.31. The molecule has 1 aromatic heterocycles. The van der Waals surface area contributed by atoms with Gasteiger partial charge < -0.3 is 9.32 Å². The standard InChI is InChI=1S/C15H15NO/c1-16(2)10-11-6-5-9-14-15(11)12-7-3-4-8-13(12)17-14/h3-9H,10H2,1-2H3. The number of hydrogen-bond donors (Lipinski definition) is 0. The summed E-state index contributed by atoms with van der Waals surface area (Å²) in [6.07, 6.45) is 0. The smallest absolute Gasteiger partial charge is 0.135 e. The zero-order valence-corrected chi connectivity index (χ0v) is 10.1. The van der Waals surface area contributed by atoms with Gasteiger partial charge in [-0.1, -0.05) is 30.3 Å². The van der Waals surface area contributed by atoms with Gasteiger partial charge in [0.15, 0.2) is 0 Å². The maximum atomic E-state index is 5.86. The monoisotopic (exact) mass is 225 g/mol. The topological polar surface area (TPSA) is 16.4 Å². The zero-order valence-electron chi connectivity index (χ0n) is 10.1. The Morgan fingerprint density at radius 2 is 1.71 bits per heavy atom. The Balaban J connectivity index is 2.35. The van der Waals surface area contributed by atoms with Gasteiger partial charge in [0.2, 0.25) is 0 Å². The van der Waals surface area contributed by atoms with Crippen LogP contribution in [0, 0.1) is 0 Å². The first kappa shape index (κ1) is 10.4. The molecule has 86 valence electrons. The fourth-order valence-electron chi connectivity index (χ4n) is 2.32. The predicted molar refractivity (Wildman–Crippen MR) is 71.1 cm³/mol. The summed E-state index contributed by atoms with van der Waals surface area (Å²) >= 11 is 0. The van der Waals surface area contributed by atoms with Crippen molar-refractivity contribution in [3.05, 3.63) is 48.0 Å². The second-order valence-electron chi connectivity index (χ2n) is 4.63. The molecule has 0 saturated carbocycles. The summed E-state index contributed by atoms with van der Waals surface area (Å²) in [6.45, 7) is 0.931. The van der Waals surface area contributed by atoms with E-state index in [4.69, 9.17) is 4.42 Å². The number of furan rings is 1. The highest BCUT2D eigenvalue weighted by Gasteiger charge is 2.10. The Hall–Kier alpha value is -1.80. The lowest BCUT2D eigenvalue weighted by atomic mass is 10.1. The van der Waals surface area contributed by atoms with Crippen LogP contribution in [0.15, 0.2) is 46.9 Å². The summed E-state index contributed by atoms with van der Waals surface area (Å²) in [5.74, 6) is 0. The van der Waals surface area contributed by atoms with Crippen molar-refractivity contribution < 1.29 is 4.42 Å². The van der Waals surface area contributed by atoms with Crippen molar-refractivity contribution in [3.8, 4) is 0 Å². The van der Waals surface area contributed by atoms with Gasteiger partial charge in [0.05, 0.1) is 0 Å². The molecular weight excluding hydrogens is 210 g/mol. The molecule has 0 unspecified atom stereocenters. The predicted octanol–water partition coefficient (Wildman–Crippen LogP) is 3.65. The summed E-state index contributed by atoms with van der Waals surface area (Å²) in [6, 6.07) is 14.5. The van der Waals surface area contributed by atoms with Gasteiger partial charge in [0.25, 0.3) is 0 Å². The van der Waals surface area contributed by atoms with E-state index in [2.05, 4.69) is 43.3 Å². The van der Waals surface area contributed by atoms with E-state index in [9.17, 15) is 0 Å². The summed E-state index contributed by atoms with van der Waals surface area (Å²) in [4.78, 5) is 2.18. The number of rotatable bonds is 2. The van der Waals surface area contributed by atoms with Crippen LogP contribution < -0.4 is 0 Å². The molecule has 0 N–H and O–H groups in total. The molecule has 2 aromatic carbocycles. The minimum absolute atomic E-state index is 0.931.